The summed E-state index contributed by atoms with van der Waals surface area (Å²) in [6.45, 7) is 1.37. The molecule has 0 aliphatic heterocycles. The van der Waals surface area contributed by atoms with Gasteiger partial charge in [0.2, 0.25) is 0 Å². The van der Waals surface area contributed by atoms with Gasteiger partial charge in [-0.2, -0.15) is 0 Å². The van der Waals surface area contributed by atoms with E-state index in [9.17, 15) is 13.2 Å². The molecule has 2 aromatic rings. The maximum absolute atomic E-state index is 12.9. The van der Waals surface area contributed by atoms with Crippen molar-refractivity contribution < 1.29 is 17.9 Å². The summed E-state index contributed by atoms with van der Waals surface area (Å²) in [5, 5.41) is 0.415. The van der Waals surface area contributed by atoms with Crippen LogP contribution in [0, 0.1) is 0 Å². The monoisotopic (exact) mass is 368 g/mol. The number of hydrogen-bond donors (Lipinski definition) is 1. The molecule has 0 unspecified atom stereocenters. The van der Waals surface area contributed by atoms with E-state index in [1.165, 1.54) is 36.4 Å². The smallest absolute Gasteiger partial charge is 0.326 e. The van der Waals surface area contributed by atoms with E-state index in [2.05, 4.69) is 0 Å². The van der Waals surface area contributed by atoms with E-state index in [-0.39, 0.29) is 11.5 Å². The van der Waals surface area contributed by atoms with E-state index in [1.807, 2.05) is 0 Å². The van der Waals surface area contributed by atoms with Crippen molar-refractivity contribution in [1.29, 1.82) is 0 Å². The summed E-state index contributed by atoms with van der Waals surface area (Å²) in [5.74, 6) is -0.646. The Bertz CT molecular complexity index is 805. The average Bonchev–Trinajstić information content (AvgIpc) is 2.54. The number of carbonyl (C=O) groups excluding carboxylic acids is 1. The molecule has 8 heteroatoms. The summed E-state index contributed by atoms with van der Waals surface area (Å²) < 4.78 is 31.7. The molecule has 2 rings (SSSR count). The summed E-state index contributed by atoms with van der Waals surface area (Å²) in [4.78, 5) is 11.9. The molecule has 0 heterocycles. The minimum Gasteiger partial charge on any atom is -0.465 e. The zero-order valence-electron chi connectivity index (χ0n) is 13.0. The Hall–Kier alpha value is -2.25. The molecule has 0 bridgehead atoms. The maximum Gasteiger partial charge on any atom is 0.326 e. The third-order valence-corrected chi connectivity index (χ3v) is 5.20. The van der Waals surface area contributed by atoms with E-state index in [4.69, 9.17) is 22.1 Å². The van der Waals surface area contributed by atoms with Crippen LogP contribution in [0.1, 0.15) is 6.92 Å². The first-order valence-electron chi connectivity index (χ1n) is 7.14. The highest BCUT2D eigenvalue weighted by molar-refractivity contribution is 7.92. The van der Waals surface area contributed by atoms with Crippen LogP contribution in [-0.4, -0.2) is 27.5 Å². The minimum absolute atomic E-state index is 0.0213. The predicted octanol–water partition coefficient (Wildman–Crippen LogP) is 2.68. The highest BCUT2D eigenvalue weighted by Crippen LogP contribution is 2.25. The third kappa shape index (κ3) is 4.18. The fourth-order valence-corrected chi connectivity index (χ4v) is 3.55. The molecule has 2 aromatic carbocycles. The molecule has 6 nitrogen and oxygen atoms in total. The van der Waals surface area contributed by atoms with Gasteiger partial charge in [-0.3, -0.25) is 9.10 Å². The highest BCUT2D eigenvalue weighted by Gasteiger charge is 2.27. The SMILES string of the molecule is CCOC(=O)CN(c1ccc(N)cc1)S(=O)(=O)c1ccc(Cl)cc1. The zero-order valence-corrected chi connectivity index (χ0v) is 14.5. The Balaban J connectivity index is 2.45. The number of rotatable bonds is 6. The molecule has 0 atom stereocenters. The van der Waals surface area contributed by atoms with Crippen molar-refractivity contribution in [2.45, 2.75) is 11.8 Å². The predicted molar refractivity (Wildman–Crippen MR) is 93.5 cm³/mol. The molecule has 0 saturated carbocycles. The minimum atomic E-state index is -3.96. The summed E-state index contributed by atoms with van der Waals surface area (Å²) in [5.41, 5.74) is 6.44. The summed E-state index contributed by atoms with van der Waals surface area (Å²) in [6, 6.07) is 11.9. The average molecular weight is 369 g/mol. The Labute approximate surface area is 145 Å². The van der Waals surface area contributed by atoms with Gasteiger partial charge in [-0.1, -0.05) is 11.6 Å². The lowest BCUT2D eigenvalue weighted by Gasteiger charge is -2.23. The third-order valence-electron chi connectivity index (χ3n) is 3.16. The molecule has 128 valence electrons. The van der Waals surface area contributed by atoms with Crippen LogP contribution in [0.4, 0.5) is 11.4 Å². The van der Waals surface area contributed by atoms with Crippen LogP contribution >= 0.6 is 11.6 Å². The van der Waals surface area contributed by atoms with E-state index >= 15 is 0 Å². The number of nitrogens with two attached hydrogens (primary N) is 1. The van der Waals surface area contributed by atoms with Crippen LogP contribution in [0.25, 0.3) is 0 Å². The van der Waals surface area contributed by atoms with E-state index in [0.29, 0.717) is 16.4 Å². The van der Waals surface area contributed by atoms with Crippen molar-refractivity contribution in [3.05, 3.63) is 53.6 Å². The fraction of sp³-hybridized carbons (Fsp3) is 0.188. The first kappa shape index (κ1) is 18.1. The Morgan fingerprint density at radius 3 is 2.25 bits per heavy atom. The van der Waals surface area contributed by atoms with Crippen molar-refractivity contribution >= 4 is 39.0 Å². The molecule has 0 spiro atoms. The number of esters is 1. The first-order chi connectivity index (χ1) is 11.3. The van der Waals surface area contributed by atoms with Crippen LogP contribution in [0.15, 0.2) is 53.4 Å². The topological polar surface area (TPSA) is 89.7 Å². The number of nitrogen functional groups attached to an aromatic ring is 1. The summed E-state index contributed by atoms with van der Waals surface area (Å²) >= 11 is 5.80. The van der Waals surface area contributed by atoms with Gasteiger partial charge in [-0.05, 0) is 55.5 Å². The number of anilines is 2. The number of sulfonamides is 1. The van der Waals surface area contributed by atoms with Crippen LogP contribution in [-0.2, 0) is 19.6 Å². The number of nitrogens with zero attached hydrogens (tertiary/aromatic N) is 1. The lowest BCUT2D eigenvalue weighted by molar-refractivity contribution is -0.141. The van der Waals surface area contributed by atoms with Crippen molar-refractivity contribution in [3.63, 3.8) is 0 Å². The summed E-state index contributed by atoms with van der Waals surface area (Å²) in [7, 11) is -3.96. The largest absolute Gasteiger partial charge is 0.465 e. The molecule has 24 heavy (non-hydrogen) atoms. The van der Waals surface area contributed by atoms with E-state index < -0.39 is 22.5 Å². The molecule has 0 amide bonds. The zero-order chi connectivity index (χ0) is 17.7. The second-order valence-corrected chi connectivity index (χ2v) is 7.16. The lowest BCUT2D eigenvalue weighted by atomic mass is 10.3. The van der Waals surface area contributed by atoms with E-state index in [0.717, 1.165) is 4.31 Å². The number of halogens is 1. The molecule has 0 aliphatic rings. The number of carbonyl (C=O) groups is 1. The second kappa shape index (κ2) is 7.55. The molecule has 0 radical (unpaired) electrons. The van der Waals surface area contributed by atoms with Gasteiger partial charge in [-0.15, -0.1) is 0 Å². The van der Waals surface area contributed by atoms with Gasteiger partial charge < -0.3 is 10.5 Å². The Kier molecular flexibility index (Phi) is 5.69. The Morgan fingerprint density at radius 1 is 1.12 bits per heavy atom. The molecule has 0 fully saturated rings. The fourth-order valence-electron chi connectivity index (χ4n) is 2.01. The van der Waals surface area contributed by atoms with Gasteiger partial charge in [0.05, 0.1) is 17.2 Å². The van der Waals surface area contributed by atoms with Gasteiger partial charge in [0.15, 0.2) is 0 Å². The first-order valence-corrected chi connectivity index (χ1v) is 8.96. The maximum atomic E-state index is 12.9. The number of ether oxygens (including phenoxy) is 1. The van der Waals surface area contributed by atoms with Crippen molar-refractivity contribution in [1.82, 2.24) is 0 Å². The van der Waals surface area contributed by atoms with Gasteiger partial charge >= 0.3 is 5.97 Å². The molecule has 0 aromatic heterocycles. The lowest BCUT2D eigenvalue weighted by Crippen LogP contribution is -2.36. The molecule has 0 saturated heterocycles. The van der Waals surface area contributed by atoms with E-state index in [1.54, 1.807) is 19.1 Å². The van der Waals surface area contributed by atoms with Crippen molar-refractivity contribution in [2.75, 3.05) is 23.2 Å². The quantitative estimate of drug-likeness (QED) is 0.625. The van der Waals surface area contributed by atoms with Gasteiger partial charge in [-0.25, -0.2) is 8.42 Å². The van der Waals surface area contributed by atoms with Crippen LogP contribution < -0.4 is 10.0 Å². The van der Waals surface area contributed by atoms with Crippen molar-refractivity contribution in [3.8, 4) is 0 Å². The van der Waals surface area contributed by atoms with Crippen LogP contribution in [0.2, 0.25) is 5.02 Å². The molecule has 0 aliphatic carbocycles. The summed E-state index contributed by atoms with van der Waals surface area (Å²) in [6.07, 6.45) is 0. The second-order valence-electron chi connectivity index (χ2n) is 4.86. The number of benzene rings is 2. The van der Waals surface area contributed by atoms with Crippen LogP contribution in [0.3, 0.4) is 0 Å². The van der Waals surface area contributed by atoms with Gasteiger partial charge in [0.25, 0.3) is 10.0 Å². The molecular weight excluding hydrogens is 352 g/mol. The van der Waals surface area contributed by atoms with Crippen molar-refractivity contribution in [2.24, 2.45) is 0 Å². The highest BCUT2D eigenvalue weighted by atomic mass is 35.5. The normalized spacial score (nSPS) is 11.1. The standard InChI is InChI=1S/C16H17ClN2O4S/c1-2-23-16(20)11-19(14-7-5-13(18)6-8-14)24(21,22)15-9-3-12(17)4-10-15/h3-10H,2,11,18H2,1H3. The van der Waals surface area contributed by atoms with Gasteiger partial charge in [0, 0.05) is 10.7 Å². The van der Waals surface area contributed by atoms with Crippen LogP contribution in [0.5, 0.6) is 0 Å². The number of hydrogen-bond acceptors (Lipinski definition) is 5. The van der Waals surface area contributed by atoms with Gasteiger partial charge in [0.1, 0.15) is 6.54 Å². The molecule has 2 N–H and O–H groups in total. The Morgan fingerprint density at radius 2 is 1.71 bits per heavy atom. The molecular formula is C16H17ClN2O4S.